The lowest BCUT2D eigenvalue weighted by Crippen LogP contribution is -2.40. The van der Waals surface area contributed by atoms with Crippen molar-refractivity contribution in [3.05, 3.63) is 29.6 Å². The van der Waals surface area contributed by atoms with Gasteiger partial charge in [-0.3, -0.25) is 0 Å². The van der Waals surface area contributed by atoms with E-state index in [0.29, 0.717) is 12.2 Å². The summed E-state index contributed by atoms with van der Waals surface area (Å²) in [5.74, 6) is -0.262. The van der Waals surface area contributed by atoms with Gasteiger partial charge in [0, 0.05) is 33.7 Å². The molecular weight excluding hydrogens is 269 g/mol. The zero-order valence-electron chi connectivity index (χ0n) is 12.9. The molecule has 21 heavy (non-hydrogen) atoms. The third-order valence-corrected chi connectivity index (χ3v) is 3.83. The van der Waals surface area contributed by atoms with Gasteiger partial charge in [-0.25, -0.2) is 9.18 Å². The van der Waals surface area contributed by atoms with Crippen molar-refractivity contribution in [1.29, 1.82) is 0 Å². The summed E-state index contributed by atoms with van der Waals surface area (Å²) in [6.07, 6.45) is 4.53. The van der Waals surface area contributed by atoms with Crippen LogP contribution in [0.25, 0.3) is 0 Å². The van der Waals surface area contributed by atoms with Gasteiger partial charge >= 0.3 is 6.03 Å². The predicted octanol–water partition coefficient (Wildman–Crippen LogP) is 2.98. The van der Waals surface area contributed by atoms with E-state index in [-0.39, 0.29) is 11.8 Å². The van der Waals surface area contributed by atoms with Crippen molar-refractivity contribution in [2.24, 2.45) is 0 Å². The third-order valence-electron chi connectivity index (χ3n) is 3.83. The van der Waals surface area contributed by atoms with E-state index in [0.717, 1.165) is 31.5 Å². The number of urea groups is 1. The smallest absolute Gasteiger partial charge is 0.317 e. The number of likely N-dealkylation sites (tertiary alicyclic amines) is 1. The molecule has 1 saturated heterocycles. The molecule has 0 atom stereocenters. The molecule has 4 nitrogen and oxygen atoms in total. The maximum absolute atomic E-state index is 13.9. The van der Waals surface area contributed by atoms with Crippen LogP contribution in [0.15, 0.2) is 18.2 Å². The highest BCUT2D eigenvalue weighted by atomic mass is 19.1. The van der Waals surface area contributed by atoms with Gasteiger partial charge in [-0.15, -0.1) is 0 Å². The number of carbonyl (C=O) groups excluding carboxylic acids is 1. The Balaban J connectivity index is 1.90. The van der Waals surface area contributed by atoms with Gasteiger partial charge in [0.05, 0.1) is 5.69 Å². The Hall–Kier alpha value is -1.78. The Labute approximate surface area is 125 Å². The lowest BCUT2D eigenvalue weighted by Gasteiger charge is -2.21. The molecule has 116 valence electrons. The zero-order valence-corrected chi connectivity index (χ0v) is 12.9. The van der Waals surface area contributed by atoms with Crippen molar-refractivity contribution in [3.63, 3.8) is 0 Å². The summed E-state index contributed by atoms with van der Waals surface area (Å²) in [5, 5.41) is 2.88. The average Bonchev–Trinajstić information content (AvgIpc) is 2.73. The Bertz CT molecular complexity index is 482. The molecule has 1 aliphatic rings. The predicted molar refractivity (Wildman–Crippen MR) is 83.0 cm³/mol. The highest BCUT2D eigenvalue weighted by molar-refractivity contribution is 5.74. The quantitative estimate of drug-likeness (QED) is 0.930. The third kappa shape index (κ3) is 4.34. The van der Waals surface area contributed by atoms with E-state index in [1.165, 1.54) is 18.9 Å². The average molecular weight is 293 g/mol. The molecule has 2 amide bonds. The van der Waals surface area contributed by atoms with Crippen molar-refractivity contribution in [3.8, 4) is 0 Å². The van der Waals surface area contributed by atoms with Gasteiger partial charge in [0.25, 0.3) is 0 Å². The maximum atomic E-state index is 13.9. The minimum atomic E-state index is -0.262. The number of benzene rings is 1. The second-order valence-electron chi connectivity index (χ2n) is 5.74. The van der Waals surface area contributed by atoms with Crippen molar-refractivity contribution in [2.75, 3.05) is 32.1 Å². The van der Waals surface area contributed by atoms with Crippen molar-refractivity contribution in [2.45, 2.75) is 32.2 Å². The number of amides is 2. The van der Waals surface area contributed by atoms with E-state index in [1.807, 2.05) is 11.0 Å². The molecule has 0 bridgehead atoms. The standard InChI is InChI=1S/C16H24FN3O/c1-19(2)15-8-7-13(11-14(15)17)12-18-16(21)20-9-5-3-4-6-10-20/h7-8,11H,3-6,9-10,12H2,1-2H3,(H,18,21). The Morgan fingerprint density at radius 3 is 2.48 bits per heavy atom. The molecule has 1 N–H and O–H groups in total. The van der Waals surface area contributed by atoms with Gasteiger partial charge in [-0.05, 0) is 30.5 Å². The van der Waals surface area contributed by atoms with Crippen LogP contribution in [0.1, 0.15) is 31.2 Å². The molecule has 1 aromatic rings. The summed E-state index contributed by atoms with van der Waals surface area (Å²) < 4.78 is 13.9. The largest absolute Gasteiger partial charge is 0.375 e. The molecule has 0 aromatic heterocycles. The van der Waals surface area contributed by atoms with E-state index in [1.54, 1.807) is 25.1 Å². The number of hydrogen-bond donors (Lipinski definition) is 1. The molecule has 0 radical (unpaired) electrons. The Kier molecular flexibility index (Phi) is 5.42. The number of carbonyl (C=O) groups is 1. The van der Waals surface area contributed by atoms with Crippen LogP contribution in [0.5, 0.6) is 0 Å². The van der Waals surface area contributed by atoms with E-state index >= 15 is 0 Å². The normalized spacial score (nSPS) is 15.5. The molecular formula is C16H24FN3O. The molecule has 0 unspecified atom stereocenters. The SMILES string of the molecule is CN(C)c1ccc(CNC(=O)N2CCCCCC2)cc1F. The molecule has 1 aliphatic heterocycles. The fourth-order valence-corrected chi connectivity index (χ4v) is 2.59. The number of nitrogens with one attached hydrogen (secondary N) is 1. The molecule has 0 saturated carbocycles. The van der Waals surface area contributed by atoms with Crippen LogP contribution < -0.4 is 10.2 Å². The highest BCUT2D eigenvalue weighted by Gasteiger charge is 2.15. The van der Waals surface area contributed by atoms with Crippen molar-refractivity contribution in [1.82, 2.24) is 10.2 Å². The summed E-state index contributed by atoms with van der Waals surface area (Å²) in [7, 11) is 3.61. The van der Waals surface area contributed by atoms with Crippen LogP contribution in [-0.2, 0) is 6.54 Å². The van der Waals surface area contributed by atoms with E-state index in [2.05, 4.69) is 5.32 Å². The number of halogens is 1. The van der Waals surface area contributed by atoms with Crippen molar-refractivity contribution < 1.29 is 9.18 Å². The first-order chi connectivity index (χ1) is 10.1. The number of nitrogens with zero attached hydrogens (tertiary/aromatic N) is 2. The van der Waals surface area contributed by atoms with Crippen LogP contribution in [0, 0.1) is 5.82 Å². The first kappa shape index (κ1) is 15.6. The highest BCUT2D eigenvalue weighted by Crippen LogP contribution is 2.18. The van der Waals surface area contributed by atoms with Gasteiger partial charge in [0.1, 0.15) is 5.82 Å². The van der Waals surface area contributed by atoms with Gasteiger partial charge < -0.3 is 15.1 Å². The zero-order chi connectivity index (χ0) is 15.2. The second kappa shape index (κ2) is 7.29. The summed E-state index contributed by atoms with van der Waals surface area (Å²) in [5.41, 5.74) is 1.33. The van der Waals surface area contributed by atoms with Gasteiger partial charge in [0.2, 0.25) is 0 Å². The van der Waals surface area contributed by atoms with Crippen LogP contribution in [0.4, 0.5) is 14.9 Å². The molecule has 0 spiro atoms. The second-order valence-corrected chi connectivity index (χ2v) is 5.74. The molecule has 1 heterocycles. The summed E-state index contributed by atoms with van der Waals surface area (Å²) >= 11 is 0. The summed E-state index contributed by atoms with van der Waals surface area (Å²) in [4.78, 5) is 15.7. The van der Waals surface area contributed by atoms with Gasteiger partial charge in [-0.2, -0.15) is 0 Å². The molecule has 2 rings (SSSR count). The number of hydrogen-bond acceptors (Lipinski definition) is 2. The molecule has 0 aliphatic carbocycles. The maximum Gasteiger partial charge on any atom is 0.317 e. The van der Waals surface area contributed by atoms with E-state index in [4.69, 9.17) is 0 Å². The topological polar surface area (TPSA) is 35.6 Å². The first-order valence-corrected chi connectivity index (χ1v) is 7.56. The Morgan fingerprint density at radius 2 is 1.90 bits per heavy atom. The van der Waals surface area contributed by atoms with Crippen molar-refractivity contribution >= 4 is 11.7 Å². The van der Waals surface area contributed by atoms with Gasteiger partial charge in [-0.1, -0.05) is 18.9 Å². The lowest BCUT2D eigenvalue weighted by atomic mass is 10.2. The van der Waals surface area contributed by atoms with Crippen LogP contribution >= 0.6 is 0 Å². The molecule has 1 aromatic carbocycles. The first-order valence-electron chi connectivity index (χ1n) is 7.56. The van der Waals surface area contributed by atoms with E-state index < -0.39 is 0 Å². The Morgan fingerprint density at radius 1 is 1.24 bits per heavy atom. The number of rotatable bonds is 3. The fraction of sp³-hybridized carbons (Fsp3) is 0.562. The van der Waals surface area contributed by atoms with E-state index in [9.17, 15) is 9.18 Å². The van der Waals surface area contributed by atoms with Crippen LogP contribution in [-0.4, -0.2) is 38.1 Å². The molecule has 1 fully saturated rings. The van der Waals surface area contributed by atoms with Crippen LogP contribution in [0.3, 0.4) is 0 Å². The minimum absolute atomic E-state index is 0.0472. The molecule has 5 heteroatoms. The minimum Gasteiger partial charge on any atom is -0.375 e. The summed E-state index contributed by atoms with van der Waals surface area (Å²) in [6.45, 7) is 2.00. The number of anilines is 1. The summed E-state index contributed by atoms with van der Waals surface area (Å²) in [6, 6.07) is 5.02. The van der Waals surface area contributed by atoms with Gasteiger partial charge in [0.15, 0.2) is 0 Å². The fourth-order valence-electron chi connectivity index (χ4n) is 2.59. The lowest BCUT2D eigenvalue weighted by molar-refractivity contribution is 0.199. The monoisotopic (exact) mass is 293 g/mol. The van der Waals surface area contributed by atoms with Crippen LogP contribution in [0.2, 0.25) is 0 Å².